The Morgan fingerprint density at radius 1 is 0.537 bits per heavy atom. The second kappa shape index (κ2) is 20.9. The predicted molar refractivity (Wildman–Crippen MR) is 281 cm³/mol. The van der Waals surface area contributed by atoms with Gasteiger partial charge in [0.1, 0.15) is 24.4 Å². The molecule has 15 aliphatic heterocycles. The molecule has 0 radical (unpaired) electrons. The number of fused-ring (bicyclic) bond motifs is 13. The molecule has 21 nitrogen and oxygen atoms in total. The molecule has 0 amide bonds. The van der Waals surface area contributed by atoms with Gasteiger partial charge in [0.25, 0.3) is 0 Å². The van der Waals surface area contributed by atoms with E-state index in [2.05, 4.69) is 40.9 Å². The summed E-state index contributed by atoms with van der Waals surface area (Å²) >= 11 is 0. The van der Waals surface area contributed by atoms with Crippen LogP contribution in [0.2, 0.25) is 0 Å². The average Bonchev–Trinajstić information content (AvgIpc) is 3.02. The predicted octanol–water partition coefficient (Wildman–Crippen LogP) is 3.46. The summed E-state index contributed by atoms with van der Waals surface area (Å²) in [6.07, 6.45) is -4.28. The highest BCUT2D eigenvalue weighted by molar-refractivity contribution is 5.70. The Balaban J connectivity index is 0.659. The third-order valence-corrected chi connectivity index (χ3v) is 22.6. The van der Waals surface area contributed by atoms with Crippen molar-refractivity contribution >= 4 is 5.97 Å². The zero-order valence-corrected chi connectivity index (χ0v) is 47.9. The number of rotatable bonds is 2. The van der Waals surface area contributed by atoms with E-state index in [0.29, 0.717) is 90.1 Å². The quantitative estimate of drug-likeness (QED) is 0.196. The first kappa shape index (κ1) is 56.7. The molecule has 5 N–H and O–H groups in total. The Kier molecular flexibility index (Phi) is 14.4. The Labute approximate surface area is 479 Å². The molecule has 0 aromatic carbocycles. The molecule has 458 valence electrons. The van der Waals surface area contributed by atoms with Crippen molar-refractivity contribution in [2.24, 2.45) is 29.6 Å². The smallest absolute Gasteiger partial charge is 0.308 e. The van der Waals surface area contributed by atoms with Crippen molar-refractivity contribution in [1.29, 1.82) is 0 Å². The molecular weight excluding hydrogens is 1070 g/mol. The van der Waals surface area contributed by atoms with Gasteiger partial charge in [0, 0.05) is 69.6 Å². The van der Waals surface area contributed by atoms with Crippen molar-refractivity contribution in [3.05, 3.63) is 24.3 Å². The van der Waals surface area contributed by atoms with Crippen molar-refractivity contribution < 1.29 is 101 Å². The van der Waals surface area contributed by atoms with E-state index in [1.54, 1.807) is 0 Å². The fourth-order valence-corrected chi connectivity index (χ4v) is 18.5. The van der Waals surface area contributed by atoms with Gasteiger partial charge in [-0.1, -0.05) is 40.9 Å². The fraction of sp³-hybridized carbons (Fsp3) is 0.918. The van der Waals surface area contributed by atoms with Gasteiger partial charge in [-0.15, -0.1) is 0 Å². The second-order valence-electron chi connectivity index (χ2n) is 28.2. The van der Waals surface area contributed by atoms with Crippen LogP contribution in [-0.2, 0) is 75.8 Å². The van der Waals surface area contributed by atoms with E-state index in [-0.39, 0.29) is 135 Å². The van der Waals surface area contributed by atoms with Gasteiger partial charge in [-0.25, -0.2) is 0 Å². The van der Waals surface area contributed by atoms with Crippen LogP contribution in [0.15, 0.2) is 24.3 Å². The zero-order chi connectivity index (χ0) is 56.5. The number of hydrogen-bond donors (Lipinski definition) is 5. The lowest BCUT2D eigenvalue weighted by Crippen LogP contribution is -2.65. The number of carbonyl (C=O) groups is 1. The summed E-state index contributed by atoms with van der Waals surface area (Å²) in [5.74, 6) is -6.79. The van der Waals surface area contributed by atoms with E-state index < -0.39 is 96.3 Å². The minimum atomic E-state index is -2.20. The number of esters is 1. The Hall–Kier alpha value is -1.81. The van der Waals surface area contributed by atoms with Gasteiger partial charge in [-0.2, -0.15) is 0 Å². The maximum atomic E-state index is 14.6. The lowest BCUT2D eigenvalue weighted by Gasteiger charge is -2.54. The van der Waals surface area contributed by atoms with Crippen LogP contribution in [0.3, 0.4) is 0 Å². The first-order chi connectivity index (χ1) is 39.2. The highest BCUT2D eigenvalue weighted by Crippen LogP contribution is 2.57. The summed E-state index contributed by atoms with van der Waals surface area (Å²) in [6, 6.07) is 0. The lowest BCUT2D eigenvalue weighted by atomic mass is 9.77. The van der Waals surface area contributed by atoms with Crippen LogP contribution in [0.5, 0.6) is 0 Å². The van der Waals surface area contributed by atoms with E-state index in [0.717, 1.165) is 17.6 Å². The summed E-state index contributed by atoms with van der Waals surface area (Å²) in [5.41, 5.74) is 1.94. The summed E-state index contributed by atoms with van der Waals surface area (Å²) < 4.78 is 102. The highest BCUT2D eigenvalue weighted by atomic mass is 16.8. The Bertz CT molecular complexity index is 2450. The third-order valence-electron chi connectivity index (χ3n) is 22.6. The van der Waals surface area contributed by atoms with E-state index >= 15 is 0 Å². The molecule has 2 spiro atoms. The number of hydrogen-bond acceptors (Lipinski definition) is 21. The molecule has 21 heteroatoms. The van der Waals surface area contributed by atoms with Gasteiger partial charge in [0.05, 0.1) is 136 Å². The van der Waals surface area contributed by atoms with E-state index in [9.17, 15) is 30.3 Å². The highest BCUT2D eigenvalue weighted by Gasteiger charge is 2.69. The number of aliphatic hydroxyl groups is 5. The van der Waals surface area contributed by atoms with Crippen LogP contribution in [0, 0.1) is 29.6 Å². The molecule has 10 bridgehead atoms. The fourth-order valence-electron chi connectivity index (χ4n) is 18.5. The number of ether oxygens (including phenoxy) is 15. The molecule has 15 aliphatic rings. The van der Waals surface area contributed by atoms with Gasteiger partial charge >= 0.3 is 5.97 Å². The van der Waals surface area contributed by atoms with Crippen molar-refractivity contribution in [1.82, 2.24) is 0 Å². The maximum absolute atomic E-state index is 14.6. The molecule has 0 aromatic rings. The summed E-state index contributed by atoms with van der Waals surface area (Å²) in [7, 11) is 0. The first-order valence-electron chi connectivity index (χ1n) is 31.5. The minimum Gasteiger partial charge on any atom is -0.459 e. The summed E-state index contributed by atoms with van der Waals surface area (Å²) in [4.78, 5) is 14.6. The van der Waals surface area contributed by atoms with Crippen molar-refractivity contribution in [3.63, 3.8) is 0 Å². The molecule has 1 unspecified atom stereocenters. The SMILES string of the molecule is C=C1C[C@@H]2CC[C@]3(O)O[C@H]4[C@H]5O[C@H](CC[C@@H]5O[C@H]5CC(O)(O[C@@H]45)[C@H]3O)CC(=O)O[C@@H]3[C@@H](C)[C@@H]4O[C@@H]5C[C@]6(C[C@@H]7O[C@]8(C[C@H](C)[C@@H]9O[C@@H]%10[C@@H]([C@@H](O)CO)CO[C@@H]%10C[C@@H]9O8)C[C@H](C)[C@@H]7O6)O[C@@H]5C[C@@H]4O[C@H]3C[C@H]3O[C@@H](CC[C@@H]1O2)C[C@@H](C)C3=C. The summed E-state index contributed by atoms with van der Waals surface area (Å²) in [6.45, 7) is 17.6. The summed E-state index contributed by atoms with van der Waals surface area (Å²) in [5, 5.41) is 56.0. The largest absolute Gasteiger partial charge is 0.459 e. The van der Waals surface area contributed by atoms with Gasteiger partial charge in [0.15, 0.2) is 29.3 Å². The van der Waals surface area contributed by atoms with Crippen molar-refractivity contribution in [2.75, 3.05) is 13.2 Å². The molecule has 0 aliphatic carbocycles. The molecular formula is C61H88O21. The van der Waals surface area contributed by atoms with Gasteiger partial charge < -0.3 is 96.6 Å². The lowest BCUT2D eigenvalue weighted by molar-refractivity contribution is -0.370. The van der Waals surface area contributed by atoms with Crippen LogP contribution in [0.4, 0.5) is 0 Å². The van der Waals surface area contributed by atoms with E-state index in [1.807, 2.05) is 0 Å². The molecule has 82 heavy (non-hydrogen) atoms. The Morgan fingerprint density at radius 3 is 2.06 bits per heavy atom. The monoisotopic (exact) mass is 1160 g/mol. The van der Waals surface area contributed by atoms with Gasteiger partial charge in [0.2, 0.25) is 0 Å². The van der Waals surface area contributed by atoms with Crippen LogP contribution in [-0.4, -0.2) is 214 Å². The molecule has 0 aromatic heterocycles. The van der Waals surface area contributed by atoms with E-state index in [1.165, 1.54) is 0 Å². The average molecular weight is 1160 g/mol. The number of carbonyl (C=O) groups excluding carboxylic acids is 1. The standard InChI is InChI=1S/C61H88O21/c1-26-13-32-7-9-37-27(2)14-34(69-37)11-12-60(66)57(65)61(67)23-46-55(81-61)56(82-60)54-38(72-46)10-8-33(71-54)15-48(64)75-52-31(6)51-43(73-42(52)16-39(70-32)30(26)5)17-40-45(74-51)21-59(77-40)22-47-50(80-59)29(4)20-58(79-47)19-28(3)49-44(78-58)18-41-53(76-49)35(25-68-41)36(63)24-62/h26,28-29,31-47,49-57,62-63,65-67H,2,5,7-25H2,1,3-4,6H3/t26-,28+,29+,31+,32+,33-,34+,35-,36+,37+,38+,39-,40-,41-,42+,43+,44+,45-,46+,47+,49+,50+,51+,52-,53-,54+,55-,56+,57+,58-,59+,60+,61?/m1/s1. The van der Waals surface area contributed by atoms with E-state index in [4.69, 9.17) is 71.1 Å². The molecule has 33 atom stereocenters. The van der Waals surface area contributed by atoms with Gasteiger partial charge in [-0.3, -0.25) is 4.79 Å². The van der Waals surface area contributed by atoms with Crippen molar-refractivity contribution in [3.8, 4) is 0 Å². The van der Waals surface area contributed by atoms with Gasteiger partial charge in [-0.05, 0) is 73.8 Å². The topological polar surface area (TPSA) is 257 Å². The molecule has 0 saturated carbocycles. The normalized spacial score (nSPS) is 58.3. The van der Waals surface area contributed by atoms with Crippen molar-refractivity contribution in [2.45, 2.75) is 306 Å². The second-order valence-corrected chi connectivity index (χ2v) is 28.2. The van der Waals surface area contributed by atoms with Crippen LogP contribution in [0.1, 0.15) is 137 Å². The maximum Gasteiger partial charge on any atom is 0.308 e. The van der Waals surface area contributed by atoms with Crippen LogP contribution in [0.25, 0.3) is 0 Å². The Morgan fingerprint density at radius 2 is 1.23 bits per heavy atom. The van der Waals surface area contributed by atoms with Crippen LogP contribution < -0.4 is 0 Å². The third kappa shape index (κ3) is 9.61. The minimum absolute atomic E-state index is 0.0408. The van der Waals surface area contributed by atoms with Crippen LogP contribution >= 0.6 is 0 Å². The number of aliphatic hydroxyl groups excluding tert-OH is 3. The zero-order valence-electron chi connectivity index (χ0n) is 47.9. The molecule has 15 rings (SSSR count). The first-order valence-corrected chi connectivity index (χ1v) is 31.5. The molecule has 15 saturated heterocycles. The molecule has 15 heterocycles. The molecule has 15 fully saturated rings.